The van der Waals surface area contributed by atoms with Crippen molar-refractivity contribution in [2.75, 3.05) is 33.9 Å². The summed E-state index contributed by atoms with van der Waals surface area (Å²) in [5.41, 5.74) is 0. The van der Waals surface area contributed by atoms with Gasteiger partial charge in [-0.3, -0.25) is 0 Å². The Labute approximate surface area is 101 Å². The van der Waals surface area contributed by atoms with E-state index in [0.717, 1.165) is 6.54 Å². The van der Waals surface area contributed by atoms with E-state index in [2.05, 4.69) is 9.97 Å². The molecule has 0 aliphatic heterocycles. The number of aromatic nitrogens is 2. The Morgan fingerprint density at radius 1 is 1.47 bits per heavy atom. The molecule has 6 heteroatoms. The summed E-state index contributed by atoms with van der Waals surface area (Å²) in [5, 5.41) is 0. The van der Waals surface area contributed by atoms with Gasteiger partial charge in [-0.05, 0) is 21.0 Å². The molecule has 0 aromatic carbocycles. The van der Waals surface area contributed by atoms with Gasteiger partial charge in [0.05, 0.1) is 6.61 Å². The van der Waals surface area contributed by atoms with Crippen LogP contribution in [0.15, 0.2) is 12.3 Å². The minimum absolute atomic E-state index is 0.0224. The van der Waals surface area contributed by atoms with Crippen molar-refractivity contribution in [3.05, 3.63) is 18.1 Å². The number of carbonyl (C=O) groups excluding carboxylic acids is 1. The van der Waals surface area contributed by atoms with Crippen molar-refractivity contribution in [2.45, 2.75) is 6.92 Å². The quantitative estimate of drug-likeness (QED) is 0.677. The lowest BCUT2D eigenvalue weighted by Gasteiger charge is -2.10. The molecule has 0 bridgehead atoms. The summed E-state index contributed by atoms with van der Waals surface area (Å²) in [4.78, 5) is 21.1. The van der Waals surface area contributed by atoms with Gasteiger partial charge < -0.3 is 14.4 Å². The van der Waals surface area contributed by atoms with Crippen LogP contribution in [0.2, 0.25) is 0 Å². The molecule has 0 saturated carbocycles. The average Bonchev–Trinajstić information content (AvgIpc) is 2.29. The molecule has 0 amide bonds. The molecule has 0 fully saturated rings. The van der Waals surface area contributed by atoms with Crippen molar-refractivity contribution >= 4 is 5.97 Å². The Hall–Kier alpha value is -1.69. The summed E-state index contributed by atoms with van der Waals surface area (Å²) in [5.74, 6) is -0.135. The second-order valence-corrected chi connectivity index (χ2v) is 3.59. The maximum atomic E-state index is 11.4. The van der Waals surface area contributed by atoms with Gasteiger partial charge in [0.25, 0.3) is 0 Å². The van der Waals surface area contributed by atoms with Crippen LogP contribution in [0.4, 0.5) is 0 Å². The van der Waals surface area contributed by atoms with E-state index in [-0.39, 0.29) is 5.82 Å². The van der Waals surface area contributed by atoms with Gasteiger partial charge in [-0.25, -0.2) is 9.78 Å². The van der Waals surface area contributed by atoms with Crippen LogP contribution >= 0.6 is 0 Å². The van der Waals surface area contributed by atoms with Crippen LogP contribution in [0, 0.1) is 0 Å². The van der Waals surface area contributed by atoms with Crippen LogP contribution in [0.3, 0.4) is 0 Å². The van der Waals surface area contributed by atoms with E-state index in [0.29, 0.717) is 19.1 Å². The monoisotopic (exact) mass is 239 g/mol. The third kappa shape index (κ3) is 4.78. The van der Waals surface area contributed by atoms with E-state index in [1.54, 1.807) is 13.0 Å². The van der Waals surface area contributed by atoms with Gasteiger partial charge in [-0.2, -0.15) is 4.98 Å². The molecule has 0 aliphatic carbocycles. The highest BCUT2D eigenvalue weighted by atomic mass is 16.5. The molecule has 94 valence electrons. The first-order valence-electron chi connectivity index (χ1n) is 5.41. The number of rotatable bonds is 6. The van der Waals surface area contributed by atoms with Crippen molar-refractivity contribution < 1.29 is 14.3 Å². The van der Waals surface area contributed by atoms with E-state index >= 15 is 0 Å². The lowest BCUT2D eigenvalue weighted by atomic mass is 10.5. The Balaban J connectivity index is 2.56. The van der Waals surface area contributed by atoms with Crippen molar-refractivity contribution in [1.82, 2.24) is 14.9 Å². The Morgan fingerprint density at radius 2 is 2.24 bits per heavy atom. The number of ether oxygens (including phenoxy) is 2. The molecular formula is C11H17N3O3. The fraction of sp³-hybridized carbons (Fsp3) is 0.545. The summed E-state index contributed by atoms with van der Waals surface area (Å²) in [6.45, 7) is 3.31. The van der Waals surface area contributed by atoms with Gasteiger partial charge in [0, 0.05) is 18.8 Å². The number of esters is 1. The predicted octanol–water partition coefficient (Wildman–Crippen LogP) is 0.594. The number of hydrogen-bond acceptors (Lipinski definition) is 6. The highest BCUT2D eigenvalue weighted by Gasteiger charge is 2.10. The van der Waals surface area contributed by atoms with E-state index < -0.39 is 5.97 Å². The normalized spacial score (nSPS) is 10.4. The van der Waals surface area contributed by atoms with Crippen LogP contribution in [0.25, 0.3) is 0 Å². The zero-order valence-corrected chi connectivity index (χ0v) is 10.3. The Bertz CT molecular complexity index is 369. The lowest BCUT2D eigenvalue weighted by Crippen LogP contribution is -2.20. The number of likely N-dealkylation sites (N-methyl/N-ethyl adjacent to an activating group) is 1. The smallest absolute Gasteiger partial charge is 0.376 e. The Kier molecular flexibility index (Phi) is 5.35. The summed E-state index contributed by atoms with van der Waals surface area (Å²) >= 11 is 0. The van der Waals surface area contributed by atoms with Crippen LogP contribution in [-0.2, 0) is 4.74 Å². The van der Waals surface area contributed by atoms with E-state index in [1.165, 1.54) is 6.20 Å². The van der Waals surface area contributed by atoms with Crippen molar-refractivity contribution in [3.63, 3.8) is 0 Å². The average molecular weight is 239 g/mol. The first-order valence-corrected chi connectivity index (χ1v) is 5.41. The minimum atomic E-state index is -0.537. The molecule has 0 saturated heterocycles. The van der Waals surface area contributed by atoms with Gasteiger partial charge in [0.1, 0.15) is 6.61 Å². The van der Waals surface area contributed by atoms with E-state index in [1.807, 2.05) is 19.0 Å². The molecule has 0 radical (unpaired) electrons. The molecule has 0 spiro atoms. The largest absolute Gasteiger partial charge is 0.476 e. The van der Waals surface area contributed by atoms with Crippen molar-refractivity contribution in [3.8, 4) is 5.88 Å². The zero-order valence-electron chi connectivity index (χ0n) is 10.3. The summed E-state index contributed by atoms with van der Waals surface area (Å²) in [6, 6.07) is 1.61. The predicted molar refractivity (Wildman–Crippen MR) is 62.0 cm³/mol. The Morgan fingerprint density at radius 3 is 2.88 bits per heavy atom. The first kappa shape index (κ1) is 13.4. The first-order chi connectivity index (χ1) is 8.13. The maximum Gasteiger partial charge on any atom is 0.376 e. The van der Waals surface area contributed by atoms with Crippen LogP contribution in [0.5, 0.6) is 5.88 Å². The van der Waals surface area contributed by atoms with E-state index in [4.69, 9.17) is 9.47 Å². The van der Waals surface area contributed by atoms with Crippen LogP contribution in [-0.4, -0.2) is 54.7 Å². The molecule has 1 heterocycles. The van der Waals surface area contributed by atoms with Gasteiger partial charge in [-0.15, -0.1) is 0 Å². The van der Waals surface area contributed by atoms with Gasteiger partial charge in [0.15, 0.2) is 0 Å². The standard InChI is InChI=1S/C11H17N3O3/c1-4-16-11(15)10-12-6-5-9(13-10)17-8-7-14(2)3/h5-6H,4,7-8H2,1-3H3. The second-order valence-electron chi connectivity index (χ2n) is 3.59. The lowest BCUT2D eigenvalue weighted by molar-refractivity contribution is 0.0510. The van der Waals surface area contributed by atoms with Crippen molar-refractivity contribution in [1.29, 1.82) is 0 Å². The minimum Gasteiger partial charge on any atom is -0.476 e. The van der Waals surface area contributed by atoms with E-state index in [9.17, 15) is 4.79 Å². The molecule has 1 aromatic heterocycles. The fourth-order valence-electron chi connectivity index (χ4n) is 1.05. The van der Waals surface area contributed by atoms with Crippen molar-refractivity contribution in [2.24, 2.45) is 0 Å². The molecule has 17 heavy (non-hydrogen) atoms. The maximum absolute atomic E-state index is 11.4. The summed E-state index contributed by atoms with van der Waals surface area (Å²) in [6.07, 6.45) is 1.48. The molecular weight excluding hydrogens is 222 g/mol. The van der Waals surface area contributed by atoms with Gasteiger partial charge >= 0.3 is 5.97 Å². The third-order valence-corrected chi connectivity index (χ3v) is 1.88. The highest BCUT2D eigenvalue weighted by Crippen LogP contribution is 2.05. The zero-order chi connectivity index (χ0) is 12.7. The van der Waals surface area contributed by atoms with Crippen LogP contribution < -0.4 is 4.74 Å². The molecule has 0 N–H and O–H groups in total. The molecule has 0 aliphatic rings. The molecule has 0 unspecified atom stereocenters. The highest BCUT2D eigenvalue weighted by molar-refractivity contribution is 5.85. The molecule has 1 aromatic rings. The summed E-state index contributed by atoms with van der Waals surface area (Å²) < 4.78 is 10.2. The van der Waals surface area contributed by atoms with Gasteiger partial charge in [-0.1, -0.05) is 0 Å². The van der Waals surface area contributed by atoms with Crippen LogP contribution in [0.1, 0.15) is 17.5 Å². The number of nitrogens with zero attached hydrogens (tertiary/aromatic N) is 3. The molecule has 6 nitrogen and oxygen atoms in total. The summed E-state index contributed by atoms with van der Waals surface area (Å²) in [7, 11) is 3.90. The molecule has 1 rings (SSSR count). The third-order valence-electron chi connectivity index (χ3n) is 1.88. The second kappa shape index (κ2) is 6.80. The fourth-order valence-corrected chi connectivity index (χ4v) is 1.05. The number of hydrogen-bond donors (Lipinski definition) is 0. The SMILES string of the molecule is CCOC(=O)c1nccc(OCCN(C)C)n1. The topological polar surface area (TPSA) is 64.6 Å². The number of carbonyl (C=O) groups is 1. The van der Waals surface area contributed by atoms with Gasteiger partial charge in [0.2, 0.25) is 11.7 Å². The molecule has 0 atom stereocenters.